The maximum Gasteiger partial charge on any atom is 0.264 e. The van der Waals surface area contributed by atoms with E-state index < -0.39 is 34.1 Å². The van der Waals surface area contributed by atoms with Gasteiger partial charge >= 0.3 is 0 Å². The first-order valence-corrected chi connectivity index (χ1v) is 16.2. The van der Waals surface area contributed by atoms with Crippen molar-refractivity contribution < 1.29 is 22.7 Å². The van der Waals surface area contributed by atoms with Crippen LogP contribution in [0.3, 0.4) is 0 Å². The number of anilines is 1. The molecule has 4 rings (SSSR count). The lowest BCUT2D eigenvalue weighted by molar-refractivity contribution is -0.140. The first-order valence-electron chi connectivity index (χ1n) is 14.8. The molecular weight excluding hydrogens is 586 g/mol. The van der Waals surface area contributed by atoms with Gasteiger partial charge in [0.25, 0.3) is 10.0 Å². The Balaban J connectivity index is 1.82. The number of amides is 2. The third kappa shape index (κ3) is 8.73. The van der Waals surface area contributed by atoms with Gasteiger partial charge in [0.05, 0.1) is 17.7 Å². The summed E-state index contributed by atoms with van der Waals surface area (Å²) >= 11 is 0. The van der Waals surface area contributed by atoms with E-state index in [1.54, 1.807) is 42.5 Å². The minimum Gasteiger partial charge on any atom is -0.497 e. The van der Waals surface area contributed by atoms with Crippen molar-refractivity contribution in [1.82, 2.24) is 10.2 Å². The van der Waals surface area contributed by atoms with Crippen LogP contribution in [0.25, 0.3) is 0 Å². The van der Waals surface area contributed by atoms with Crippen molar-refractivity contribution in [3.05, 3.63) is 126 Å². The fraction of sp³-hybridized carbons (Fsp3) is 0.278. The maximum atomic E-state index is 14.6. The van der Waals surface area contributed by atoms with Crippen molar-refractivity contribution in [1.29, 1.82) is 0 Å². The normalized spacial score (nSPS) is 12.2. The number of nitrogens with one attached hydrogen (secondary N) is 1. The molecule has 0 radical (unpaired) electrons. The molecule has 0 saturated carbocycles. The number of carbonyl (C=O) groups excluding carboxylic acids is 2. The average molecular weight is 628 g/mol. The van der Waals surface area contributed by atoms with E-state index >= 15 is 0 Å². The molecule has 0 aromatic heterocycles. The first-order chi connectivity index (χ1) is 21.4. The summed E-state index contributed by atoms with van der Waals surface area (Å²) in [5.74, 6) is -0.293. The summed E-state index contributed by atoms with van der Waals surface area (Å²) in [4.78, 5) is 30.1. The molecular formula is C36H41N3O5S. The van der Waals surface area contributed by atoms with Gasteiger partial charge < -0.3 is 15.0 Å². The molecule has 1 N–H and O–H groups in total. The Morgan fingerprint density at radius 3 is 1.98 bits per heavy atom. The number of sulfonamides is 1. The Morgan fingerprint density at radius 2 is 1.40 bits per heavy atom. The quantitative estimate of drug-likeness (QED) is 0.216. The number of hydrogen-bond acceptors (Lipinski definition) is 5. The fourth-order valence-corrected chi connectivity index (χ4v) is 6.41. The summed E-state index contributed by atoms with van der Waals surface area (Å²) in [5.41, 5.74) is 2.42. The van der Waals surface area contributed by atoms with Gasteiger partial charge in [0.2, 0.25) is 11.8 Å². The van der Waals surface area contributed by atoms with Gasteiger partial charge in [-0.2, -0.15) is 0 Å². The van der Waals surface area contributed by atoms with Gasteiger partial charge in [-0.1, -0.05) is 72.8 Å². The highest BCUT2D eigenvalue weighted by Gasteiger charge is 2.35. The zero-order valence-corrected chi connectivity index (χ0v) is 27.3. The van der Waals surface area contributed by atoms with Crippen LogP contribution in [-0.4, -0.2) is 50.4 Å². The van der Waals surface area contributed by atoms with Crippen LogP contribution in [-0.2, 0) is 32.6 Å². The summed E-state index contributed by atoms with van der Waals surface area (Å²) in [6.45, 7) is 7.19. The molecule has 1 atom stereocenters. The second-order valence-electron chi connectivity index (χ2n) is 11.9. The minimum atomic E-state index is -4.17. The molecule has 0 aliphatic carbocycles. The van der Waals surface area contributed by atoms with Gasteiger partial charge in [0.1, 0.15) is 18.3 Å². The van der Waals surface area contributed by atoms with Crippen LogP contribution in [0.2, 0.25) is 0 Å². The molecule has 0 saturated heterocycles. The lowest BCUT2D eigenvalue weighted by Crippen LogP contribution is -2.56. The summed E-state index contributed by atoms with van der Waals surface area (Å²) in [6, 6.07) is 30.7. The molecule has 8 nitrogen and oxygen atoms in total. The number of hydrogen-bond donors (Lipinski definition) is 1. The van der Waals surface area contributed by atoms with Gasteiger partial charge in [-0.3, -0.25) is 13.9 Å². The zero-order valence-electron chi connectivity index (χ0n) is 26.4. The molecule has 4 aromatic rings. The van der Waals surface area contributed by atoms with E-state index in [2.05, 4.69) is 5.32 Å². The molecule has 0 fully saturated rings. The molecule has 45 heavy (non-hydrogen) atoms. The maximum absolute atomic E-state index is 14.6. The Bertz CT molecular complexity index is 1690. The van der Waals surface area contributed by atoms with Crippen LogP contribution in [0.4, 0.5) is 5.69 Å². The lowest BCUT2D eigenvalue weighted by Gasteiger charge is -2.35. The highest BCUT2D eigenvalue weighted by atomic mass is 32.2. The smallest absolute Gasteiger partial charge is 0.264 e. The largest absolute Gasteiger partial charge is 0.497 e. The Kier molecular flexibility index (Phi) is 10.7. The van der Waals surface area contributed by atoms with E-state index in [4.69, 9.17) is 4.74 Å². The summed E-state index contributed by atoms with van der Waals surface area (Å²) < 4.78 is 34.5. The first kappa shape index (κ1) is 33.3. The van der Waals surface area contributed by atoms with Crippen molar-refractivity contribution in [2.24, 2.45) is 0 Å². The summed E-state index contributed by atoms with van der Waals surface area (Å²) in [6.07, 6.45) is 0.244. The predicted octanol–water partition coefficient (Wildman–Crippen LogP) is 5.75. The van der Waals surface area contributed by atoms with Gasteiger partial charge in [0, 0.05) is 18.5 Å². The van der Waals surface area contributed by atoms with E-state index in [1.165, 1.54) is 24.1 Å². The third-order valence-corrected chi connectivity index (χ3v) is 9.13. The van der Waals surface area contributed by atoms with Crippen LogP contribution in [0.15, 0.2) is 114 Å². The monoisotopic (exact) mass is 627 g/mol. The summed E-state index contributed by atoms with van der Waals surface area (Å²) in [7, 11) is -2.65. The number of methoxy groups -OCH3 is 1. The SMILES string of the molecule is COc1ccc(N(CC(=O)N(Cc2ccccc2C)C(Cc2ccccc2)C(=O)NC(C)(C)C)S(=O)(=O)c2ccccc2)cc1. The van der Waals surface area contributed by atoms with Crippen molar-refractivity contribution in [2.75, 3.05) is 18.0 Å². The highest BCUT2D eigenvalue weighted by molar-refractivity contribution is 7.92. The second kappa shape index (κ2) is 14.4. The van der Waals surface area contributed by atoms with Crippen molar-refractivity contribution >= 4 is 27.5 Å². The Hall–Kier alpha value is -4.63. The van der Waals surface area contributed by atoms with Crippen LogP contribution in [0.5, 0.6) is 5.75 Å². The van der Waals surface area contributed by atoms with Crippen LogP contribution in [0, 0.1) is 6.92 Å². The molecule has 1 unspecified atom stereocenters. The van der Waals surface area contributed by atoms with E-state index in [1.807, 2.05) is 82.3 Å². The molecule has 0 heterocycles. The molecule has 0 aliphatic rings. The van der Waals surface area contributed by atoms with Gasteiger partial charge in [-0.05, 0) is 80.8 Å². The van der Waals surface area contributed by atoms with E-state index in [0.717, 1.165) is 21.0 Å². The van der Waals surface area contributed by atoms with Crippen molar-refractivity contribution in [2.45, 2.75) is 57.1 Å². The fourth-order valence-electron chi connectivity index (χ4n) is 4.97. The zero-order chi connectivity index (χ0) is 32.6. The number of aryl methyl sites for hydroxylation is 1. The van der Waals surface area contributed by atoms with E-state index in [-0.39, 0.29) is 23.8 Å². The summed E-state index contributed by atoms with van der Waals surface area (Å²) in [5, 5.41) is 3.05. The number of nitrogens with zero attached hydrogens (tertiary/aromatic N) is 2. The molecule has 2 amide bonds. The predicted molar refractivity (Wildman–Crippen MR) is 178 cm³/mol. The molecule has 4 aromatic carbocycles. The van der Waals surface area contributed by atoms with Crippen LogP contribution >= 0.6 is 0 Å². The van der Waals surface area contributed by atoms with Gasteiger partial charge in [-0.15, -0.1) is 0 Å². The number of carbonyl (C=O) groups is 2. The van der Waals surface area contributed by atoms with Crippen molar-refractivity contribution in [3.8, 4) is 5.75 Å². The standard InChI is InChI=1S/C36H41N3O5S/c1-27-14-12-13-17-29(27)25-38(33(35(41)37-36(2,3)4)24-28-15-8-6-9-16-28)34(40)26-39(30-20-22-31(44-5)23-21-30)45(42,43)32-18-10-7-11-19-32/h6-23,33H,24-26H2,1-5H3,(H,37,41). The Labute approximate surface area is 266 Å². The van der Waals surface area contributed by atoms with E-state index in [9.17, 15) is 18.0 Å². The van der Waals surface area contributed by atoms with Gasteiger partial charge in [0.15, 0.2) is 0 Å². The lowest BCUT2D eigenvalue weighted by atomic mass is 10.00. The molecule has 236 valence electrons. The van der Waals surface area contributed by atoms with Crippen LogP contribution < -0.4 is 14.4 Å². The van der Waals surface area contributed by atoms with E-state index in [0.29, 0.717) is 11.4 Å². The molecule has 0 spiro atoms. The minimum absolute atomic E-state index is 0.0467. The number of ether oxygens (including phenoxy) is 1. The highest BCUT2D eigenvalue weighted by Crippen LogP contribution is 2.27. The average Bonchev–Trinajstić information content (AvgIpc) is 3.02. The second-order valence-corrected chi connectivity index (χ2v) is 13.8. The number of rotatable bonds is 12. The number of benzene rings is 4. The topological polar surface area (TPSA) is 96.0 Å². The Morgan fingerprint density at radius 1 is 0.822 bits per heavy atom. The molecule has 0 bridgehead atoms. The van der Waals surface area contributed by atoms with Crippen LogP contribution in [0.1, 0.15) is 37.5 Å². The van der Waals surface area contributed by atoms with Gasteiger partial charge in [-0.25, -0.2) is 8.42 Å². The molecule has 0 aliphatic heterocycles. The molecule has 9 heteroatoms. The third-order valence-electron chi connectivity index (χ3n) is 7.34. The van der Waals surface area contributed by atoms with Crippen molar-refractivity contribution in [3.63, 3.8) is 0 Å².